The van der Waals surface area contributed by atoms with Gasteiger partial charge in [0.05, 0.1) is 19.7 Å². The number of hydrogen-bond donors (Lipinski definition) is 1. The molecule has 1 amide bonds. The molecule has 0 unspecified atom stereocenters. The Balaban J connectivity index is 2.65. The Bertz CT molecular complexity index is 342. The predicted octanol–water partition coefficient (Wildman–Crippen LogP) is 3.27. The fourth-order valence-corrected chi connectivity index (χ4v) is 3.55. The molecule has 1 N–H and O–H groups in total. The lowest BCUT2D eigenvalue weighted by atomic mass is 10.3. The Labute approximate surface area is 99.9 Å². The Morgan fingerprint density at radius 1 is 1.57 bits per heavy atom. The fraction of sp³-hybridized carbons (Fsp3) is 0.286. The van der Waals surface area contributed by atoms with E-state index in [2.05, 4.69) is 37.2 Å². The molecular weight excluding hydrogens is 344 g/mol. The molecule has 0 saturated carbocycles. The Morgan fingerprint density at radius 2 is 2.21 bits per heavy atom. The van der Waals surface area contributed by atoms with Gasteiger partial charge < -0.3 is 5.32 Å². The third kappa shape index (κ3) is 3.29. The van der Waals surface area contributed by atoms with Crippen molar-refractivity contribution in [3.8, 4) is 0 Å². The van der Waals surface area contributed by atoms with Gasteiger partial charge in [0.1, 0.15) is 0 Å². The number of rotatable bonds is 3. The summed E-state index contributed by atoms with van der Waals surface area (Å²) >= 11 is 7.67. The standard InChI is InChI=1S/C7H5Br2F2NOS/c8-4-1-3(6(9)14-4)7(13)12-2-5(10)11/h1,5H,2H2,(H,12,13). The molecule has 0 radical (unpaired) electrons. The van der Waals surface area contributed by atoms with Gasteiger partial charge in [0.2, 0.25) is 0 Å². The zero-order valence-corrected chi connectivity index (χ0v) is 10.7. The number of thiophene rings is 1. The van der Waals surface area contributed by atoms with E-state index in [9.17, 15) is 13.6 Å². The highest BCUT2D eigenvalue weighted by Gasteiger charge is 2.14. The molecule has 0 atom stereocenters. The maximum atomic E-state index is 11.8. The van der Waals surface area contributed by atoms with Crippen molar-refractivity contribution < 1.29 is 13.6 Å². The monoisotopic (exact) mass is 347 g/mol. The van der Waals surface area contributed by atoms with Crippen LogP contribution in [-0.2, 0) is 0 Å². The average Bonchev–Trinajstić information content (AvgIpc) is 2.41. The third-order valence-corrected chi connectivity index (χ3v) is 3.66. The molecule has 0 aliphatic carbocycles. The number of amides is 1. The summed E-state index contributed by atoms with van der Waals surface area (Å²) in [4.78, 5) is 11.3. The van der Waals surface area contributed by atoms with Gasteiger partial charge in [0.15, 0.2) is 0 Å². The molecule has 1 rings (SSSR count). The van der Waals surface area contributed by atoms with Gasteiger partial charge in [0, 0.05) is 0 Å². The van der Waals surface area contributed by atoms with Crippen molar-refractivity contribution in [1.82, 2.24) is 5.32 Å². The zero-order valence-electron chi connectivity index (χ0n) is 6.69. The topological polar surface area (TPSA) is 29.1 Å². The minimum atomic E-state index is -2.53. The van der Waals surface area contributed by atoms with E-state index in [1.165, 1.54) is 11.3 Å². The Morgan fingerprint density at radius 3 is 2.64 bits per heavy atom. The SMILES string of the molecule is O=C(NCC(F)F)c1cc(Br)sc1Br. The molecule has 14 heavy (non-hydrogen) atoms. The van der Waals surface area contributed by atoms with Crippen LogP contribution in [0.2, 0.25) is 0 Å². The molecule has 1 aromatic heterocycles. The molecule has 78 valence electrons. The van der Waals surface area contributed by atoms with Crippen LogP contribution in [0.5, 0.6) is 0 Å². The van der Waals surface area contributed by atoms with Gasteiger partial charge >= 0.3 is 0 Å². The highest BCUT2D eigenvalue weighted by molar-refractivity contribution is 9.12. The first kappa shape index (κ1) is 12.1. The molecule has 1 aromatic rings. The van der Waals surface area contributed by atoms with E-state index in [0.717, 1.165) is 3.79 Å². The van der Waals surface area contributed by atoms with Crippen LogP contribution in [0.25, 0.3) is 0 Å². The van der Waals surface area contributed by atoms with Crippen molar-refractivity contribution in [2.24, 2.45) is 0 Å². The third-order valence-electron chi connectivity index (χ3n) is 1.32. The second-order valence-electron chi connectivity index (χ2n) is 2.34. The summed E-state index contributed by atoms with van der Waals surface area (Å²) in [6, 6.07) is 1.58. The average molecular weight is 349 g/mol. The highest BCUT2D eigenvalue weighted by Crippen LogP contribution is 2.31. The Kier molecular flexibility index (Phi) is 4.46. The van der Waals surface area contributed by atoms with E-state index in [4.69, 9.17) is 0 Å². The van der Waals surface area contributed by atoms with Crippen LogP contribution in [0.4, 0.5) is 8.78 Å². The Hall–Kier alpha value is -0.0100. The van der Waals surface area contributed by atoms with Crippen LogP contribution in [-0.4, -0.2) is 18.9 Å². The minimum Gasteiger partial charge on any atom is -0.346 e. The lowest BCUT2D eigenvalue weighted by molar-refractivity contribution is 0.0891. The van der Waals surface area contributed by atoms with Crippen LogP contribution >= 0.6 is 43.2 Å². The molecule has 0 fully saturated rings. The van der Waals surface area contributed by atoms with Gasteiger partial charge in [-0.1, -0.05) is 0 Å². The van der Waals surface area contributed by atoms with Crippen molar-refractivity contribution in [2.45, 2.75) is 6.43 Å². The maximum absolute atomic E-state index is 11.8. The summed E-state index contributed by atoms with van der Waals surface area (Å²) in [6.45, 7) is -0.626. The summed E-state index contributed by atoms with van der Waals surface area (Å²) in [5.41, 5.74) is 0.363. The van der Waals surface area contributed by atoms with E-state index in [1.54, 1.807) is 6.07 Å². The quantitative estimate of drug-likeness (QED) is 0.892. The van der Waals surface area contributed by atoms with E-state index in [1.807, 2.05) is 0 Å². The number of nitrogens with one attached hydrogen (secondary N) is 1. The van der Waals surface area contributed by atoms with Gasteiger partial charge in [-0.15, -0.1) is 11.3 Å². The predicted molar refractivity (Wildman–Crippen MR) is 58.1 cm³/mol. The van der Waals surface area contributed by atoms with Crippen LogP contribution in [0.15, 0.2) is 13.6 Å². The number of alkyl halides is 2. The molecular formula is C7H5Br2F2NOS. The molecule has 1 heterocycles. The summed E-state index contributed by atoms with van der Waals surface area (Å²) in [7, 11) is 0. The minimum absolute atomic E-state index is 0.363. The van der Waals surface area contributed by atoms with Gasteiger partial charge in [-0.25, -0.2) is 8.78 Å². The number of hydrogen-bond acceptors (Lipinski definition) is 2. The second kappa shape index (κ2) is 5.18. The van der Waals surface area contributed by atoms with E-state index < -0.39 is 18.9 Å². The van der Waals surface area contributed by atoms with Crippen molar-refractivity contribution in [2.75, 3.05) is 6.54 Å². The molecule has 2 nitrogen and oxygen atoms in total. The zero-order chi connectivity index (χ0) is 10.7. The molecule has 0 aliphatic rings. The summed E-state index contributed by atoms with van der Waals surface area (Å²) in [6.07, 6.45) is -2.53. The summed E-state index contributed by atoms with van der Waals surface area (Å²) < 4.78 is 25.0. The van der Waals surface area contributed by atoms with Gasteiger partial charge in [-0.3, -0.25) is 4.79 Å². The second-order valence-corrected chi connectivity index (χ2v) is 6.09. The van der Waals surface area contributed by atoms with Crippen molar-refractivity contribution in [1.29, 1.82) is 0 Å². The molecule has 0 spiro atoms. The maximum Gasteiger partial charge on any atom is 0.255 e. The van der Waals surface area contributed by atoms with Gasteiger partial charge in [-0.05, 0) is 37.9 Å². The molecule has 0 saturated heterocycles. The van der Waals surface area contributed by atoms with Crippen LogP contribution in [0.1, 0.15) is 10.4 Å². The lowest BCUT2D eigenvalue weighted by Gasteiger charge is -2.02. The molecule has 0 bridgehead atoms. The molecule has 7 heteroatoms. The summed E-state index contributed by atoms with van der Waals surface area (Å²) in [5, 5.41) is 2.12. The number of halogens is 4. The number of carbonyl (C=O) groups is 1. The van der Waals surface area contributed by atoms with E-state index in [0.29, 0.717) is 9.35 Å². The number of carbonyl (C=O) groups excluding carboxylic acids is 1. The molecule has 0 aromatic carbocycles. The van der Waals surface area contributed by atoms with Crippen LogP contribution in [0.3, 0.4) is 0 Å². The lowest BCUT2D eigenvalue weighted by Crippen LogP contribution is -2.28. The van der Waals surface area contributed by atoms with E-state index in [-0.39, 0.29) is 0 Å². The van der Waals surface area contributed by atoms with Crippen molar-refractivity contribution in [3.05, 3.63) is 19.2 Å². The van der Waals surface area contributed by atoms with E-state index >= 15 is 0 Å². The highest BCUT2D eigenvalue weighted by atomic mass is 79.9. The first-order chi connectivity index (χ1) is 6.50. The normalized spacial score (nSPS) is 10.6. The first-order valence-corrected chi connectivity index (χ1v) is 5.92. The summed E-state index contributed by atoms with van der Waals surface area (Å²) in [5.74, 6) is -0.501. The van der Waals surface area contributed by atoms with Crippen molar-refractivity contribution in [3.63, 3.8) is 0 Å². The van der Waals surface area contributed by atoms with Gasteiger partial charge in [-0.2, -0.15) is 0 Å². The van der Waals surface area contributed by atoms with Crippen LogP contribution < -0.4 is 5.32 Å². The van der Waals surface area contributed by atoms with Gasteiger partial charge in [0.25, 0.3) is 12.3 Å². The molecule has 0 aliphatic heterocycles. The fourth-order valence-electron chi connectivity index (χ4n) is 0.760. The largest absolute Gasteiger partial charge is 0.346 e. The smallest absolute Gasteiger partial charge is 0.255 e. The first-order valence-electron chi connectivity index (χ1n) is 3.52. The van der Waals surface area contributed by atoms with Crippen molar-refractivity contribution >= 4 is 49.1 Å². The van der Waals surface area contributed by atoms with Crippen LogP contribution in [0, 0.1) is 0 Å².